The molecule has 0 amide bonds. The predicted octanol–water partition coefficient (Wildman–Crippen LogP) is 2.26. The molecule has 1 aliphatic carbocycles. The lowest BCUT2D eigenvalue weighted by Gasteiger charge is -2.19. The topological polar surface area (TPSA) is 63.1 Å². The summed E-state index contributed by atoms with van der Waals surface area (Å²) in [5, 5.41) is 3.10. The van der Waals surface area contributed by atoms with E-state index in [1.165, 1.54) is 0 Å². The summed E-state index contributed by atoms with van der Waals surface area (Å²) < 4.78 is 30.0. The van der Waals surface area contributed by atoms with Crippen molar-refractivity contribution in [1.82, 2.24) is 14.6 Å². The van der Waals surface area contributed by atoms with Crippen LogP contribution < -0.4 is 10.0 Å². The van der Waals surface area contributed by atoms with Crippen LogP contribution in [0.5, 0.6) is 0 Å². The van der Waals surface area contributed by atoms with Gasteiger partial charge in [-0.25, -0.2) is 13.1 Å². The second-order valence-electron chi connectivity index (χ2n) is 6.13. The lowest BCUT2D eigenvalue weighted by atomic mass is 10.0. The number of nitrogens with zero attached hydrogens (tertiary/aromatic N) is 1. The molecule has 1 heterocycles. The van der Waals surface area contributed by atoms with Gasteiger partial charge < -0.3 is 9.88 Å². The molecule has 1 fully saturated rings. The van der Waals surface area contributed by atoms with Crippen LogP contribution >= 0.6 is 0 Å². The molecule has 0 saturated heterocycles. The van der Waals surface area contributed by atoms with E-state index in [-0.39, 0.29) is 6.04 Å². The molecule has 5 nitrogen and oxygen atoms in total. The molecule has 2 atom stereocenters. The van der Waals surface area contributed by atoms with Crippen LogP contribution in [0.1, 0.15) is 51.8 Å². The summed E-state index contributed by atoms with van der Waals surface area (Å²) in [4.78, 5) is 0.384. The standard InChI is InChI=1S/C15H27N3O2S/c1-5-11(2)12(3)17-21(19,20)15-8-14(9-16-4)18(10-15)13-6-7-13/h8,10-13,16-17H,5-7,9H2,1-4H3. The SMILES string of the molecule is CCC(C)C(C)NS(=O)(=O)c1cc(CNC)n(C2CC2)c1. The maximum atomic E-state index is 12.5. The van der Waals surface area contributed by atoms with Crippen molar-refractivity contribution in [3.8, 4) is 0 Å². The van der Waals surface area contributed by atoms with Crippen molar-refractivity contribution in [3.63, 3.8) is 0 Å². The second-order valence-corrected chi connectivity index (χ2v) is 7.85. The molecule has 0 aliphatic heterocycles. The van der Waals surface area contributed by atoms with Gasteiger partial charge in [0.25, 0.3) is 0 Å². The summed E-state index contributed by atoms with van der Waals surface area (Å²) in [6.45, 7) is 6.75. The van der Waals surface area contributed by atoms with Gasteiger partial charge in [-0.2, -0.15) is 0 Å². The van der Waals surface area contributed by atoms with E-state index in [2.05, 4.69) is 28.5 Å². The van der Waals surface area contributed by atoms with E-state index in [9.17, 15) is 8.42 Å². The van der Waals surface area contributed by atoms with E-state index in [0.29, 0.717) is 23.4 Å². The third-order valence-electron chi connectivity index (χ3n) is 4.35. The van der Waals surface area contributed by atoms with Gasteiger partial charge in [-0.1, -0.05) is 20.3 Å². The summed E-state index contributed by atoms with van der Waals surface area (Å²) >= 11 is 0. The third-order valence-corrected chi connectivity index (χ3v) is 5.88. The largest absolute Gasteiger partial charge is 0.346 e. The lowest BCUT2D eigenvalue weighted by Crippen LogP contribution is -2.36. The smallest absolute Gasteiger partial charge is 0.242 e. The number of hydrogen-bond acceptors (Lipinski definition) is 3. The fraction of sp³-hybridized carbons (Fsp3) is 0.733. The second kappa shape index (κ2) is 6.50. The Morgan fingerprint density at radius 3 is 2.57 bits per heavy atom. The number of rotatable bonds is 8. The van der Waals surface area contributed by atoms with Gasteiger partial charge in [0.2, 0.25) is 10.0 Å². The number of sulfonamides is 1. The molecule has 1 aliphatic rings. The molecule has 0 bridgehead atoms. The van der Waals surface area contributed by atoms with Gasteiger partial charge in [0.1, 0.15) is 0 Å². The Balaban J connectivity index is 2.21. The first-order valence-corrected chi connectivity index (χ1v) is 9.25. The van der Waals surface area contributed by atoms with Crippen molar-refractivity contribution < 1.29 is 8.42 Å². The average molecular weight is 313 g/mol. The molecular formula is C15H27N3O2S. The minimum atomic E-state index is -3.44. The van der Waals surface area contributed by atoms with E-state index in [1.807, 2.05) is 14.0 Å². The van der Waals surface area contributed by atoms with Crippen LogP contribution in [0.2, 0.25) is 0 Å². The zero-order valence-corrected chi connectivity index (χ0v) is 14.2. The summed E-state index contributed by atoms with van der Waals surface area (Å²) in [5.74, 6) is 0.321. The molecular weight excluding hydrogens is 286 g/mol. The quantitative estimate of drug-likeness (QED) is 0.774. The highest BCUT2D eigenvalue weighted by molar-refractivity contribution is 7.89. The predicted molar refractivity (Wildman–Crippen MR) is 84.7 cm³/mol. The van der Waals surface area contributed by atoms with Crippen molar-refractivity contribution in [2.45, 2.75) is 63.6 Å². The van der Waals surface area contributed by atoms with E-state index in [1.54, 1.807) is 12.3 Å². The minimum Gasteiger partial charge on any atom is -0.346 e. The van der Waals surface area contributed by atoms with Crippen molar-refractivity contribution in [2.24, 2.45) is 5.92 Å². The summed E-state index contributed by atoms with van der Waals surface area (Å²) in [6.07, 6.45) is 5.02. The lowest BCUT2D eigenvalue weighted by molar-refractivity contribution is 0.434. The highest BCUT2D eigenvalue weighted by atomic mass is 32.2. The zero-order valence-electron chi connectivity index (χ0n) is 13.4. The first kappa shape index (κ1) is 16.5. The molecule has 1 aromatic heterocycles. The minimum absolute atomic E-state index is 0.0583. The van der Waals surface area contributed by atoms with Crippen LogP contribution in [0.25, 0.3) is 0 Å². The van der Waals surface area contributed by atoms with Gasteiger partial charge in [-0.15, -0.1) is 0 Å². The van der Waals surface area contributed by atoms with Crippen LogP contribution in [0.4, 0.5) is 0 Å². The average Bonchev–Trinajstić information content (AvgIpc) is 3.18. The van der Waals surface area contributed by atoms with Crippen LogP contribution in [-0.4, -0.2) is 26.1 Å². The maximum absolute atomic E-state index is 12.5. The van der Waals surface area contributed by atoms with Crippen LogP contribution in [0, 0.1) is 5.92 Å². The van der Waals surface area contributed by atoms with Gasteiger partial charge in [0.05, 0.1) is 4.90 Å². The van der Waals surface area contributed by atoms with Gasteiger partial charge in [0.15, 0.2) is 0 Å². The van der Waals surface area contributed by atoms with Crippen molar-refractivity contribution in [3.05, 3.63) is 18.0 Å². The fourth-order valence-corrected chi connectivity index (χ4v) is 3.84. The Morgan fingerprint density at radius 1 is 1.38 bits per heavy atom. The molecule has 6 heteroatoms. The molecule has 0 spiro atoms. The molecule has 1 saturated carbocycles. The number of aromatic nitrogens is 1. The fourth-order valence-electron chi connectivity index (χ4n) is 2.44. The Labute approximate surface area is 128 Å². The highest BCUT2D eigenvalue weighted by Gasteiger charge is 2.29. The Hall–Kier alpha value is -0.850. The van der Waals surface area contributed by atoms with Gasteiger partial charge >= 0.3 is 0 Å². The molecule has 21 heavy (non-hydrogen) atoms. The molecule has 2 N–H and O–H groups in total. The van der Waals surface area contributed by atoms with E-state index in [4.69, 9.17) is 0 Å². The van der Waals surface area contributed by atoms with Gasteiger partial charge in [0, 0.05) is 30.5 Å². The molecule has 2 rings (SSSR count). The zero-order chi connectivity index (χ0) is 15.6. The summed E-state index contributed by atoms with van der Waals surface area (Å²) in [7, 11) is -1.56. The molecule has 2 unspecified atom stereocenters. The molecule has 120 valence electrons. The summed E-state index contributed by atoms with van der Waals surface area (Å²) in [5.41, 5.74) is 1.04. The van der Waals surface area contributed by atoms with Gasteiger partial charge in [-0.3, -0.25) is 0 Å². The molecule has 0 radical (unpaired) electrons. The van der Waals surface area contributed by atoms with E-state index in [0.717, 1.165) is 25.0 Å². The summed E-state index contributed by atoms with van der Waals surface area (Å²) in [6, 6.07) is 2.21. The number of nitrogens with one attached hydrogen (secondary N) is 2. The Kier molecular flexibility index (Phi) is 5.11. The Morgan fingerprint density at radius 2 is 2.05 bits per heavy atom. The highest BCUT2D eigenvalue weighted by Crippen LogP contribution is 2.37. The molecule has 0 aromatic carbocycles. The maximum Gasteiger partial charge on any atom is 0.242 e. The van der Waals surface area contributed by atoms with E-state index >= 15 is 0 Å². The van der Waals surface area contributed by atoms with Crippen molar-refractivity contribution in [1.29, 1.82) is 0 Å². The van der Waals surface area contributed by atoms with Crippen LogP contribution in [0.15, 0.2) is 17.2 Å². The van der Waals surface area contributed by atoms with Gasteiger partial charge in [-0.05, 0) is 38.8 Å². The first-order chi connectivity index (χ1) is 9.89. The van der Waals surface area contributed by atoms with Crippen molar-refractivity contribution >= 4 is 10.0 Å². The van der Waals surface area contributed by atoms with Crippen LogP contribution in [0.3, 0.4) is 0 Å². The first-order valence-electron chi connectivity index (χ1n) is 7.76. The van der Waals surface area contributed by atoms with E-state index < -0.39 is 10.0 Å². The van der Waals surface area contributed by atoms with Crippen molar-refractivity contribution in [2.75, 3.05) is 7.05 Å². The molecule has 1 aromatic rings. The Bertz CT molecular complexity index is 576. The normalized spacial score (nSPS) is 18.7. The third kappa shape index (κ3) is 3.87. The monoisotopic (exact) mass is 313 g/mol. The van der Waals surface area contributed by atoms with Crippen LogP contribution in [-0.2, 0) is 16.6 Å². The number of hydrogen-bond donors (Lipinski definition) is 2.